The minimum atomic E-state index is -0.0586. The van der Waals surface area contributed by atoms with Crippen molar-refractivity contribution in [3.63, 3.8) is 0 Å². The number of hydrogen-bond acceptors (Lipinski definition) is 2. The van der Waals surface area contributed by atoms with Gasteiger partial charge in [0, 0.05) is 17.8 Å². The summed E-state index contributed by atoms with van der Waals surface area (Å²) in [6.45, 7) is 2.58. The van der Waals surface area contributed by atoms with Crippen molar-refractivity contribution < 1.29 is 4.79 Å². The summed E-state index contributed by atoms with van der Waals surface area (Å²) in [7, 11) is 0. The fourth-order valence-electron chi connectivity index (χ4n) is 2.03. The van der Waals surface area contributed by atoms with Crippen LogP contribution in [0, 0.1) is 12.8 Å². The highest BCUT2D eigenvalue weighted by Crippen LogP contribution is 2.28. The zero-order valence-corrected chi connectivity index (χ0v) is 10.8. The molecule has 1 fully saturated rings. The van der Waals surface area contributed by atoms with Crippen LogP contribution in [0.25, 0.3) is 0 Å². The first-order chi connectivity index (χ1) is 8.15. The number of carbonyl (C=O) groups is 1. The maximum absolute atomic E-state index is 11.8. The molecule has 1 aliphatic carbocycles. The molecule has 1 heterocycles. The number of pyridine rings is 1. The van der Waals surface area contributed by atoms with E-state index >= 15 is 0 Å². The minimum absolute atomic E-state index is 0.0586. The molecule has 3 nitrogen and oxygen atoms in total. The number of amides is 1. The fourth-order valence-corrected chi connectivity index (χ4v) is 2.28. The van der Waals surface area contributed by atoms with Gasteiger partial charge in [0.1, 0.15) is 5.15 Å². The van der Waals surface area contributed by atoms with Gasteiger partial charge in [-0.15, -0.1) is 0 Å². The Labute approximate surface area is 107 Å². The highest BCUT2D eigenvalue weighted by molar-refractivity contribution is 6.29. The van der Waals surface area contributed by atoms with Crippen LogP contribution in [-0.2, 0) is 0 Å². The molecule has 92 valence electrons. The SMILES string of the molecule is Cc1cc(C(=O)NCCC2CCC2)cc(Cl)n1. The maximum Gasteiger partial charge on any atom is 0.251 e. The third kappa shape index (κ3) is 3.43. The van der Waals surface area contributed by atoms with Gasteiger partial charge in [0.15, 0.2) is 0 Å². The normalized spacial score (nSPS) is 15.4. The first-order valence-electron chi connectivity index (χ1n) is 6.07. The summed E-state index contributed by atoms with van der Waals surface area (Å²) >= 11 is 5.82. The Morgan fingerprint density at radius 2 is 2.29 bits per heavy atom. The zero-order valence-electron chi connectivity index (χ0n) is 10.0. The summed E-state index contributed by atoms with van der Waals surface area (Å²) in [5, 5.41) is 3.30. The van der Waals surface area contributed by atoms with Gasteiger partial charge in [0.25, 0.3) is 5.91 Å². The van der Waals surface area contributed by atoms with Crippen LogP contribution in [0.3, 0.4) is 0 Å². The molecule has 0 aromatic carbocycles. The van der Waals surface area contributed by atoms with Crippen molar-refractivity contribution in [3.8, 4) is 0 Å². The molecular formula is C13H17ClN2O. The number of nitrogens with one attached hydrogen (secondary N) is 1. The van der Waals surface area contributed by atoms with E-state index in [1.165, 1.54) is 19.3 Å². The van der Waals surface area contributed by atoms with Gasteiger partial charge in [-0.1, -0.05) is 30.9 Å². The van der Waals surface area contributed by atoms with Gasteiger partial charge in [-0.25, -0.2) is 4.98 Å². The van der Waals surface area contributed by atoms with E-state index in [4.69, 9.17) is 11.6 Å². The quantitative estimate of drug-likeness (QED) is 0.837. The van der Waals surface area contributed by atoms with Crippen LogP contribution >= 0.6 is 11.6 Å². The summed E-state index contributed by atoms with van der Waals surface area (Å²) < 4.78 is 0. The standard InChI is InChI=1S/C13H17ClN2O/c1-9-7-11(8-12(14)16-9)13(17)15-6-5-10-3-2-4-10/h7-8,10H,2-6H2,1H3,(H,15,17). The van der Waals surface area contributed by atoms with E-state index in [0.29, 0.717) is 10.7 Å². The lowest BCUT2D eigenvalue weighted by Gasteiger charge is -2.25. The van der Waals surface area contributed by atoms with Gasteiger partial charge in [0.2, 0.25) is 0 Å². The number of halogens is 1. The second kappa shape index (κ2) is 5.50. The molecular weight excluding hydrogens is 236 g/mol. The topological polar surface area (TPSA) is 42.0 Å². The minimum Gasteiger partial charge on any atom is -0.352 e. The fraction of sp³-hybridized carbons (Fsp3) is 0.538. The van der Waals surface area contributed by atoms with Gasteiger partial charge >= 0.3 is 0 Å². The van der Waals surface area contributed by atoms with Crippen LogP contribution in [0.1, 0.15) is 41.7 Å². The van der Waals surface area contributed by atoms with Gasteiger partial charge in [-0.05, 0) is 31.4 Å². The number of rotatable bonds is 4. The van der Waals surface area contributed by atoms with Gasteiger partial charge in [-0.3, -0.25) is 4.79 Å². The van der Waals surface area contributed by atoms with Gasteiger partial charge < -0.3 is 5.32 Å². The van der Waals surface area contributed by atoms with Crippen molar-refractivity contribution in [3.05, 3.63) is 28.5 Å². The Bertz CT molecular complexity index is 396. The summed E-state index contributed by atoms with van der Waals surface area (Å²) in [5.41, 5.74) is 1.36. The molecule has 1 N–H and O–H groups in total. The Morgan fingerprint density at radius 3 is 2.88 bits per heavy atom. The van der Waals surface area contributed by atoms with E-state index < -0.39 is 0 Å². The molecule has 1 aromatic heterocycles. The smallest absolute Gasteiger partial charge is 0.251 e. The molecule has 1 amide bonds. The predicted molar refractivity (Wildman–Crippen MR) is 68.3 cm³/mol. The van der Waals surface area contributed by atoms with Crippen LogP contribution in [0.4, 0.5) is 0 Å². The number of nitrogens with zero attached hydrogens (tertiary/aromatic N) is 1. The highest BCUT2D eigenvalue weighted by Gasteiger charge is 2.17. The molecule has 1 aromatic rings. The van der Waals surface area contributed by atoms with Gasteiger partial charge in [-0.2, -0.15) is 0 Å². The first kappa shape index (κ1) is 12.4. The monoisotopic (exact) mass is 252 g/mol. The van der Waals surface area contributed by atoms with E-state index in [0.717, 1.165) is 24.6 Å². The summed E-state index contributed by atoms with van der Waals surface area (Å²) in [5.74, 6) is 0.759. The van der Waals surface area contributed by atoms with Crippen LogP contribution in [0.2, 0.25) is 5.15 Å². The second-order valence-electron chi connectivity index (χ2n) is 4.66. The Morgan fingerprint density at radius 1 is 1.53 bits per heavy atom. The molecule has 17 heavy (non-hydrogen) atoms. The molecule has 0 saturated heterocycles. The van der Waals surface area contributed by atoms with Crippen molar-refractivity contribution in [2.75, 3.05) is 6.54 Å². The van der Waals surface area contributed by atoms with Gasteiger partial charge in [0.05, 0.1) is 0 Å². The molecule has 0 aliphatic heterocycles. The second-order valence-corrected chi connectivity index (χ2v) is 5.05. The molecule has 1 saturated carbocycles. The van der Waals surface area contributed by atoms with Crippen molar-refractivity contribution in [1.29, 1.82) is 0 Å². The predicted octanol–water partition coefficient (Wildman–Crippen LogP) is 2.96. The lowest BCUT2D eigenvalue weighted by atomic mass is 9.83. The summed E-state index contributed by atoms with van der Waals surface area (Å²) in [6.07, 6.45) is 5.06. The van der Waals surface area contributed by atoms with E-state index in [-0.39, 0.29) is 5.91 Å². The third-order valence-corrected chi connectivity index (χ3v) is 3.44. The van der Waals surface area contributed by atoms with E-state index in [9.17, 15) is 4.79 Å². The summed E-state index contributed by atoms with van der Waals surface area (Å²) in [6, 6.07) is 3.36. The molecule has 0 spiro atoms. The lowest BCUT2D eigenvalue weighted by Crippen LogP contribution is -2.27. The number of aromatic nitrogens is 1. The maximum atomic E-state index is 11.8. The highest BCUT2D eigenvalue weighted by atomic mass is 35.5. The third-order valence-electron chi connectivity index (χ3n) is 3.25. The molecule has 4 heteroatoms. The first-order valence-corrected chi connectivity index (χ1v) is 6.45. The molecule has 0 unspecified atom stereocenters. The summed E-state index contributed by atoms with van der Waals surface area (Å²) in [4.78, 5) is 15.9. The van der Waals surface area contributed by atoms with Crippen LogP contribution in [-0.4, -0.2) is 17.4 Å². The number of aryl methyl sites for hydroxylation is 1. The Hall–Kier alpha value is -1.09. The molecule has 1 aliphatic rings. The molecule has 0 atom stereocenters. The lowest BCUT2D eigenvalue weighted by molar-refractivity contribution is 0.0949. The van der Waals surface area contributed by atoms with Crippen LogP contribution < -0.4 is 5.32 Å². The molecule has 0 radical (unpaired) electrons. The molecule has 0 bridgehead atoms. The number of carbonyl (C=O) groups excluding carboxylic acids is 1. The molecule has 2 rings (SSSR count). The van der Waals surface area contributed by atoms with Crippen molar-refractivity contribution in [2.24, 2.45) is 5.92 Å². The van der Waals surface area contributed by atoms with Crippen molar-refractivity contribution in [2.45, 2.75) is 32.6 Å². The largest absolute Gasteiger partial charge is 0.352 e. The van der Waals surface area contributed by atoms with Crippen LogP contribution in [0.15, 0.2) is 12.1 Å². The van der Waals surface area contributed by atoms with Crippen molar-refractivity contribution >= 4 is 17.5 Å². The van der Waals surface area contributed by atoms with Crippen LogP contribution in [0.5, 0.6) is 0 Å². The van der Waals surface area contributed by atoms with Crippen molar-refractivity contribution in [1.82, 2.24) is 10.3 Å². The Kier molecular flexibility index (Phi) is 4.00. The zero-order chi connectivity index (χ0) is 12.3. The van der Waals surface area contributed by atoms with E-state index in [1.54, 1.807) is 12.1 Å². The average molecular weight is 253 g/mol. The average Bonchev–Trinajstić information content (AvgIpc) is 2.20. The number of hydrogen-bond donors (Lipinski definition) is 1. The van der Waals surface area contributed by atoms with E-state index in [1.807, 2.05) is 6.92 Å². The Balaban J connectivity index is 1.85. The van der Waals surface area contributed by atoms with E-state index in [2.05, 4.69) is 10.3 Å².